The monoisotopic (exact) mass is 350 g/mol. The fraction of sp³-hybridized carbons (Fsp3) is 0.737. The van der Waals surface area contributed by atoms with Crippen molar-refractivity contribution < 1.29 is 9.15 Å². The lowest BCUT2D eigenvalue weighted by Gasteiger charge is -2.24. The number of aryl methyl sites for hydroxylation is 1. The first-order valence-corrected chi connectivity index (χ1v) is 9.65. The molecule has 0 bridgehead atoms. The number of rotatable bonds is 10. The molecule has 6 nitrogen and oxygen atoms in total. The fourth-order valence-corrected chi connectivity index (χ4v) is 3.12. The highest BCUT2D eigenvalue weighted by Crippen LogP contribution is 2.26. The minimum atomic E-state index is 0.218. The van der Waals surface area contributed by atoms with Crippen LogP contribution in [0, 0.1) is 6.92 Å². The summed E-state index contributed by atoms with van der Waals surface area (Å²) in [6.45, 7) is 12.3. The van der Waals surface area contributed by atoms with Crippen molar-refractivity contribution in [1.29, 1.82) is 0 Å². The van der Waals surface area contributed by atoms with Crippen LogP contribution >= 0.6 is 0 Å². The van der Waals surface area contributed by atoms with Gasteiger partial charge < -0.3 is 19.8 Å². The Hall–Kier alpha value is -1.53. The van der Waals surface area contributed by atoms with Crippen LogP contribution in [0.3, 0.4) is 0 Å². The zero-order valence-corrected chi connectivity index (χ0v) is 16.0. The van der Waals surface area contributed by atoms with Crippen molar-refractivity contribution in [3.8, 4) is 0 Å². The Morgan fingerprint density at radius 1 is 1.28 bits per heavy atom. The Morgan fingerprint density at radius 2 is 2.08 bits per heavy atom. The lowest BCUT2D eigenvalue weighted by molar-refractivity contribution is 0.145. The molecule has 0 aromatic carbocycles. The van der Waals surface area contributed by atoms with Gasteiger partial charge in [-0.05, 0) is 65.3 Å². The van der Waals surface area contributed by atoms with Gasteiger partial charge in [0.05, 0.1) is 12.6 Å². The molecule has 6 heteroatoms. The molecule has 2 heterocycles. The Kier molecular flexibility index (Phi) is 8.83. The van der Waals surface area contributed by atoms with Gasteiger partial charge in [-0.25, -0.2) is 0 Å². The van der Waals surface area contributed by atoms with E-state index in [9.17, 15) is 0 Å². The molecular weight excluding hydrogens is 316 g/mol. The van der Waals surface area contributed by atoms with Crippen molar-refractivity contribution in [2.45, 2.75) is 46.1 Å². The number of ether oxygens (including phenoxy) is 1. The lowest BCUT2D eigenvalue weighted by Crippen LogP contribution is -2.39. The second kappa shape index (κ2) is 11.2. The van der Waals surface area contributed by atoms with Gasteiger partial charge in [0.1, 0.15) is 11.5 Å². The van der Waals surface area contributed by atoms with Crippen molar-refractivity contribution in [2.75, 3.05) is 45.9 Å². The van der Waals surface area contributed by atoms with Gasteiger partial charge in [-0.2, -0.15) is 0 Å². The number of nitrogens with one attached hydrogen (secondary N) is 2. The number of likely N-dealkylation sites (tertiary alicyclic amines) is 1. The summed E-state index contributed by atoms with van der Waals surface area (Å²) < 4.78 is 11.3. The van der Waals surface area contributed by atoms with Gasteiger partial charge in [0.2, 0.25) is 0 Å². The van der Waals surface area contributed by atoms with Gasteiger partial charge in [0.25, 0.3) is 0 Å². The molecule has 0 spiro atoms. The van der Waals surface area contributed by atoms with E-state index in [4.69, 9.17) is 14.1 Å². The van der Waals surface area contributed by atoms with Crippen LogP contribution in [0.4, 0.5) is 0 Å². The maximum atomic E-state index is 5.91. The van der Waals surface area contributed by atoms with Crippen molar-refractivity contribution in [2.24, 2.45) is 4.99 Å². The Balaban J connectivity index is 1.95. The Bertz CT molecular complexity index is 509. The first-order chi connectivity index (χ1) is 12.2. The molecule has 25 heavy (non-hydrogen) atoms. The molecule has 0 aliphatic carbocycles. The highest BCUT2D eigenvalue weighted by molar-refractivity contribution is 5.79. The molecule has 0 amide bonds. The third-order valence-corrected chi connectivity index (χ3v) is 4.40. The molecule has 142 valence electrons. The van der Waals surface area contributed by atoms with E-state index in [0.29, 0.717) is 6.54 Å². The molecule has 0 saturated carbocycles. The molecule has 2 rings (SSSR count). The number of hydrogen-bond acceptors (Lipinski definition) is 4. The maximum Gasteiger partial charge on any atom is 0.191 e. The summed E-state index contributed by atoms with van der Waals surface area (Å²) in [5.74, 6) is 2.85. The molecule has 1 aliphatic heterocycles. The molecule has 2 N–H and O–H groups in total. The van der Waals surface area contributed by atoms with E-state index in [1.807, 2.05) is 19.9 Å². The number of nitrogens with zero attached hydrogens (tertiary/aromatic N) is 2. The highest BCUT2D eigenvalue weighted by Gasteiger charge is 2.25. The van der Waals surface area contributed by atoms with E-state index >= 15 is 0 Å². The third kappa shape index (κ3) is 6.71. The zero-order valence-electron chi connectivity index (χ0n) is 16.0. The molecule has 1 aliphatic rings. The largest absolute Gasteiger partial charge is 0.465 e. The molecule has 1 saturated heterocycles. The molecule has 1 fully saturated rings. The standard InChI is InChI=1S/C19H34N4O2/c1-4-20-19(21-11-8-14-24-5-2)22-15-17(23-12-6-7-13-23)18-10-9-16(3)25-18/h9-10,17H,4-8,11-15H2,1-3H3,(H2,20,21,22). The molecule has 1 aromatic rings. The zero-order chi connectivity index (χ0) is 17.9. The van der Waals surface area contributed by atoms with Gasteiger partial charge in [-0.15, -0.1) is 0 Å². The lowest BCUT2D eigenvalue weighted by atomic mass is 10.2. The second-order valence-electron chi connectivity index (χ2n) is 6.40. The van der Waals surface area contributed by atoms with Crippen LogP contribution in [0.25, 0.3) is 0 Å². The van der Waals surface area contributed by atoms with Crippen molar-refractivity contribution in [1.82, 2.24) is 15.5 Å². The van der Waals surface area contributed by atoms with Crippen molar-refractivity contribution >= 4 is 5.96 Å². The predicted molar refractivity (Wildman–Crippen MR) is 102 cm³/mol. The molecule has 1 unspecified atom stereocenters. The summed E-state index contributed by atoms with van der Waals surface area (Å²) in [6, 6.07) is 4.35. The average Bonchev–Trinajstić information content (AvgIpc) is 3.27. The Labute approximate surface area is 152 Å². The summed E-state index contributed by atoms with van der Waals surface area (Å²) in [5, 5.41) is 6.72. The maximum absolute atomic E-state index is 5.91. The minimum Gasteiger partial charge on any atom is -0.465 e. The van der Waals surface area contributed by atoms with Gasteiger partial charge in [-0.3, -0.25) is 9.89 Å². The summed E-state index contributed by atoms with van der Waals surface area (Å²) in [6.07, 6.45) is 3.50. The first kappa shape index (κ1) is 19.8. The van der Waals surface area contributed by atoms with Crippen molar-refractivity contribution in [3.05, 3.63) is 23.7 Å². The summed E-state index contributed by atoms with van der Waals surface area (Å²) >= 11 is 0. The number of furan rings is 1. The topological polar surface area (TPSA) is 62.0 Å². The van der Waals surface area contributed by atoms with Crippen LogP contribution in [0.5, 0.6) is 0 Å². The van der Waals surface area contributed by atoms with E-state index in [2.05, 4.69) is 28.5 Å². The van der Waals surface area contributed by atoms with Crippen LogP contribution < -0.4 is 10.6 Å². The van der Waals surface area contributed by atoms with Gasteiger partial charge >= 0.3 is 0 Å². The van der Waals surface area contributed by atoms with E-state index in [1.165, 1.54) is 12.8 Å². The number of guanidine groups is 1. The summed E-state index contributed by atoms with van der Waals surface area (Å²) in [7, 11) is 0. The van der Waals surface area contributed by atoms with Crippen LogP contribution in [0.2, 0.25) is 0 Å². The summed E-state index contributed by atoms with van der Waals surface area (Å²) in [5.41, 5.74) is 0. The summed E-state index contributed by atoms with van der Waals surface area (Å²) in [4.78, 5) is 7.30. The highest BCUT2D eigenvalue weighted by atomic mass is 16.5. The van der Waals surface area contributed by atoms with Gasteiger partial charge in [-0.1, -0.05) is 0 Å². The van der Waals surface area contributed by atoms with Crippen LogP contribution in [-0.4, -0.2) is 56.8 Å². The van der Waals surface area contributed by atoms with E-state index < -0.39 is 0 Å². The van der Waals surface area contributed by atoms with Gasteiger partial charge in [0, 0.05) is 26.3 Å². The van der Waals surface area contributed by atoms with Crippen LogP contribution in [0.15, 0.2) is 21.5 Å². The van der Waals surface area contributed by atoms with E-state index in [1.54, 1.807) is 0 Å². The first-order valence-electron chi connectivity index (χ1n) is 9.65. The number of aliphatic imine (C=N–C) groups is 1. The molecule has 1 atom stereocenters. The van der Waals surface area contributed by atoms with Crippen molar-refractivity contribution in [3.63, 3.8) is 0 Å². The molecule has 1 aromatic heterocycles. The van der Waals surface area contributed by atoms with Gasteiger partial charge in [0.15, 0.2) is 5.96 Å². The molecule has 0 radical (unpaired) electrons. The second-order valence-corrected chi connectivity index (χ2v) is 6.40. The van der Waals surface area contributed by atoms with E-state index in [-0.39, 0.29) is 6.04 Å². The van der Waals surface area contributed by atoms with Crippen LogP contribution in [0.1, 0.15) is 50.7 Å². The molecular formula is C19H34N4O2. The Morgan fingerprint density at radius 3 is 2.72 bits per heavy atom. The average molecular weight is 351 g/mol. The van der Waals surface area contributed by atoms with Crippen LogP contribution in [-0.2, 0) is 4.74 Å². The SMILES string of the molecule is CCNC(=NCC(c1ccc(C)o1)N1CCCC1)NCCCOCC. The van der Waals surface area contributed by atoms with E-state index in [0.717, 1.165) is 63.3 Å². The normalized spacial score (nSPS) is 17.0. The minimum absolute atomic E-state index is 0.218. The fourth-order valence-electron chi connectivity index (χ4n) is 3.12. The smallest absolute Gasteiger partial charge is 0.191 e. The quantitative estimate of drug-likeness (QED) is 0.386. The third-order valence-electron chi connectivity index (χ3n) is 4.40. The number of hydrogen-bond donors (Lipinski definition) is 2. The predicted octanol–water partition coefficient (Wildman–Crippen LogP) is 2.71.